The first kappa shape index (κ1) is 5.30. The Morgan fingerprint density at radius 1 is 1.20 bits per heavy atom. The molecule has 0 radical (unpaired) electrons. The summed E-state index contributed by atoms with van der Waals surface area (Å²) in [5, 5.41) is 0. The van der Waals surface area contributed by atoms with Crippen molar-refractivity contribution in [3.8, 4) is 0 Å². The van der Waals surface area contributed by atoms with Crippen molar-refractivity contribution in [1.82, 2.24) is 0 Å². The van der Waals surface area contributed by atoms with E-state index in [1.165, 1.54) is 0 Å². The minimum Gasteiger partial charge on any atom is -0.225 e. The molecule has 32 valence electrons. The fourth-order valence-corrected chi connectivity index (χ4v) is 0. The fraction of sp³-hybridized carbons (Fsp3) is 0. The highest BCUT2D eigenvalue weighted by Crippen LogP contribution is 2.11. The first-order chi connectivity index (χ1) is 2.00. The molecule has 0 nitrogen and oxygen atoms in total. The van der Waals surface area contributed by atoms with E-state index in [-0.39, 0.29) is 0 Å². The third kappa shape index (κ3) is 257. The zero-order valence-electron chi connectivity index (χ0n) is 2.01. The predicted octanol–water partition coefficient (Wildman–Crippen LogP) is 1.57. The minimum absolute atomic E-state index is 3.67. The lowest BCUT2D eigenvalue weighted by atomic mass is 18.7. The third-order valence-electron chi connectivity index (χ3n) is 0. The van der Waals surface area contributed by atoms with E-state index in [0.717, 1.165) is 0 Å². The molecular weight excluding hydrogens is 121 g/mol. The van der Waals surface area contributed by atoms with Crippen molar-refractivity contribution in [2.75, 3.05) is 0 Å². The topological polar surface area (TPSA) is 0 Å². The Kier molecular flexibility index (Phi) is 1.25. The number of halogens is 4. The van der Waals surface area contributed by atoms with E-state index in [2.05, 4.69) is 11.1 Å². The molecule has 0 aliphatic rings. The van der Waals surface area contributed by atoms with Crippen LogP contribution in [0.2, 0.25) is 0 Å². The van der Waals surface area contributed by atoms with Gasteiger partial charge in [0.1, 0.15) is 0 Å². The van der Waals surface area contributed by atoms with Gasteiger partial charge in [-0.3, -0.25) is 0 Å². The maximum Gasteiger partial charge on any atom is 0.731 e. The van der Waals surface area contributed by atoms with Crippen LogP contribution in [0.1, 0.15) is 0 Å². The smallest absolute Gasteiger partial charge is 0.225 e. The standard InChI is InChI=1S/ClF3Si/c1-5(2,3)4. The van der Waals surface area contributed by atoms with Gasteiger partial charge in [-0.05, 0) is 0 Å². The molecule has 0 N–H and O–H groups in total. The number of rotatable bonds is 0. The Balaban J connectivity index is 3.02. The quantitative estimate of drug-likeness (QED) is 0.336. The molecular formula is ClF3Si. The van der Waals surface area contributed by atoms with Crippen molar-refractivity contribution in [2.45, 2.75) is 0 Å². The van der Waals surface area contributed by atoms with Crippen LogP contribution in [0.4, 0.5) is 12.3 Å². The maximum absolute atomic E-state index is 10.3. The molecule has 0 aromatic rings. The molecule has 0 unspecified atom stereocenters. The SMILES string of the molecule is F[Si](F)(F)Cl. The van der Waals surface area contributed by atoms with Gasteiger partial charge >= 0.3 is 8.39 Å². The average Bonchev–Trinajstić information content (AvgIpc) is 0.722. The second-order valence-corrected chi connectivity index (χ2v) is 2.57. The zero-order chi connectivity index (χ0) is 4.50. The molecule has 0 aliphatic heterocycles. The molecule has 0 amide bonds. The Labute approximate surface area is 32.8 Å². The summed E-state index contributed by atoms with van der Waals surface area (Å²) in [5.74, 6) is 0. The summed E-state index contributed by atoms with van der Waals surface area (Å²) in [4.78, 5) is 0. The summed E-state index contributed by atoms with van der Waals surface area (Å²) >= 11 is 3.67. The predicted molar refractivity (Wildman–Crippen MR) is 14.9 cm³/mol. The number of hydrogen-bond donors (Lipinski definition) is 0. The maximum atomic E-state index is 10.3. The second-order valence-electron chi connectivity index (χ2n) is 0.429. The summed E-state index contributed by atoms with van der Waals surface area (Å²) in [7, 11) is -5.64. The first-order valence-electron chi connectivity index (χ1n) is 0.756. The van der Waals surface area contributed by atoms with Crippen molar-refractivity contribution >= 4 is 19.5 Å². The lowest BCUT2D eigenvalue weighted by molar-refractivity contribution is 0.516. The molecule has 0 bridgehead atoms. The molecule has 0 spiro atoms. The summed E-state index contributed by atoms with van der Waals surface area (Å²) < 4.78 is 30.8. The van der Waals surface area contributed by atoms with Gasteiger partial charge in [-0.15, -0.1) is 0 Å². The van der Waals surface area contributed by atoms with Crippen molar-refractivity contribution in [3.05, 3.63) is 0 Å². The molecule has 0 atom stereocenters. The van der Waals surface area contributed by atoms with E-state index in [0.29, 0.717) is 0 Å². The van der Waals surface area contributed by atoms with Crippen LogP contribution >= 0.6 is 11.1 Å². The van der Waals surface area contributed by atoms with Gasteiger partial charge in [0.2, 0.25) is 0 Å². The van der Waals surface area contributed by atoms with Crippen LogP contribution in [-0.2, 0) is 0 Å². The Bertz CT molecular complexity index is 22.4. The van der Waals surface area contributed by atoms with Crippen LogP contribution in [0, 0.1) is 0 Å². The van der Waals surface area contributed by atoms with Gasteiger partial charge in [-0.2, -0.15) is 0 Å². The second kappa shape index (κ2) is 1.18. The van der Waals surface area contributed by atoms with E-state index in [1.807, 2.05) is 0 Å². The van der Waals surface area contributed by atoms with E-state index >= 15 is 0 Å². The largest absolute Gasteiger partial charge is 0.731 e. The van der Waals surface area contributed by atoms with E-state index in [1.54, 1.807) is 0 Å². The lowest BCUT2D eigenvalue weighted by Gasteiger charge is -1.78. The molecule has 5 heavy (non-hydrogen) atoms. The molecule has 0 fully saturated rings. The summed E-state index contributed by atoms with van der Waals surface area (Å²) in [6.07, 6.45) is 0. The Hall–Kier alpha value is 0.297. The van der Waals surface area contributed by atoms with Crippen LogP contribution in [0.25, 0.3) is 0 Å². The minimum atomic E-state index is -5.64. The first-order valence-corrected chi connectivity index (χ1v) is 3.40. The summed E-state index contributed by atoms with van der Waals surface area (Å²) in [6.45, 7) is 0. The average molecular weight is 121 g/mol. The molecule has 0 saturated carbocycles. The van der Waals surface area contributed by atoms with Crippen LogP contribution in [-0.4, -0.2) is 8.39 Å². The van der Waals surface area contributed by atoms with E-state index in [9.17, 15) is 12.3 Å². The molecule has 0 rings (SSSR count). The number of hydrogen-bond acceptors (Lipinski definition) is 0. The summed E-state index contributed by atoms with van der Waals surface area (Å²) in [6, 6.07) is 0. The van der Waals surface area contributed by atoms with Crippen LogP contribution in [0.3, 0.4) is 0 Å². The van der Waals surface area contributed by atoms with Crippen molar-refractivity contribution in [2.24, 2.45) is 0 Å². The zero-order valence-corrected chi connectivity index (χ0v) is 3.77. The van der Waals surface area contributed by atoms with Gasteiger partial charge in [0.15, 0.2) is 0 Å². The Morgan fingerprint density at radius 2 is 1.20 bits per heavy atom. The molecule has 0 saturated heterocycles. The van der Waals surface area contributed by atoms with Crippen molar-refractivity contribution in [3.63, 3.8) is 0 Å². The van der Waals surface area contributed by atoms with Gasteiger partial charge in [0.25, 0.3) is 0 Å². The monoisotopic (exact) mass is 120 g/mol. The molecule has 0 aromatic heterocycles. The highest BCUT2D eigenvalue weighted by Gasteiger charge is 2.33. The lowest BCUT2D eigenvalue weighted by Crippen LogP contribution is -1.99. The van der Waals surface area contributed by atoms with Crippen LogP contribution in [0.5, 0.6) is 0 Å². The van der Waals surface area contributed by atoms with Crippen molar-refractivity contribution < 1.29 is 12.3 Å². The molecule has 0 aliphatic carbocycles. The van der Waals surface area contributed by atoms with Crippen LogP contribution in [0.15, 0.2) is 0 Å². The van der Waals surface area contributed by atoms with Gasteiger partial charge < -0.3 is 0 Å². The Morgan fingerprint density at radius 3 is 1.20 bits per heavy atom. The van der Waals surface area contributed by atoms with Gasteiger partial charge in [0, 0.05) is 0 Å². The van der Waals surface area contributed by atoms with E-state index in [4.69, 9.17) is 0 Å². The highest BCUT2D eigenvalue weighted by molar-refractivity contribution is 7.08. The normalized spacial score (nSPS) is 12.0. The van der Waals surface area contributed by atoms with Gasteiger partial charge in [0.05, 0.1) is 0 Å². The van der Waals surface area contributed by atoms with Gasteiger partial charge in [-0.25, -0.2) is 12.3 Å². The van der Waals surface area contributed by atoms with Crippen molar-refractivity contribution in [1.29, 1.82) is 0 Å². The summed E-state index contributed by atoms with van der Waals surface area (Å²) in [5.41, 5.74) is 0. The fourth-order valence-electron chi connectivity index (χ4n) is 0. The molecule has 0 heterocycles. The van der Waals surface area contributed by atoms with Gasteiger partial charge in [-0.1, -0.05) is 11.1 Å². The van der Waals surface area contributed by atoms with Crippen LogP contribution < -0.4 is 0 Å². The van der Waals surface area contributed by atoms with E-state index < -0.39 is 8.39 Å². The third-order valence-corrected chi connectivity index (χ3v) is 0. The highest BCUT2D eigenvalue weighted by atomic mass is 35.6. The molecule has 5 heteroatoms. The molecule has 0 aromatic carbocycles.